The van der Waals surface area contributed by atoms with Crippen LogP contribution in [0, 0.1) is 0 Å². The predicted molar refractivity (Wildman–Crippen MR) is 64.7 cm³/mol. The topological polar surface area (TPSA) is 30.5 Å². The number of hydrogen-bond acceptors (Lipinski definition) is 3. The highest BCUT2D eigenvalue weighted by Crippen LogP contribution is 2.32. The van der Waals surface area contributed by atoms with E-state index in [1.54, 1.807) is 0 Å². The summed E-state index contributed by atoms with van der Waals surface area (Å²) in [6.45, 7) is 2.49. The fourth-order valence-electron chi connectivity index (χ4n) is 1.54. The third kappa shape index (κ3) is 2.55. The highest BCUT2D eigenvalue weighted by Gasteiger charge is 2.11. The summed E-state index contributed by atoms with van der Waals surface area (Å²) in [6.07, 6.45) is 5.29. The van der Waals surface area contributed by atoms with E-state index in [9.17, 15) is 0 Å². The second-order valence-corrected chi connectivity index (χ2v) is 3.94. The van der Waals surface area contributed by atoms with E-state index in [4.69, 9.17) is 9.47 Å². The van der Waals surface area contributed by atoms with E-state index in [1.165, 1.54) is 0 Å². The number of benzene rings is 1. The van der Waals surface area contributed by atoms with Crippen molar-refractivity contribution in [1.82, 2.24) is 5.32 Å². The molecule has 0 fully saturated rings. The fraction of sp³-hybridized carbons (Fsp3) is 0.385. The molecule has 1 aliphatic rings. The Bertz CT molecular complexity index is 388. The molecule has 86 valence electrons. The van der Waals surface area contributed by atoms with Crippen LogP contribution in [0.3, 0.4) is 0 Å². The zero-order chi connectivity index (χ0) is 11.4. The molecule has 0 spiro atoms. The Labute approximate surface area is 96.1 Å². The molecular weight excluding hydrogens is 202 g/mol. The highest BCUT2D eigenvalue weighted by molar-refractivity contribution is 5.56. The molecule has 1 aromatic carbocycles. The number of ether oxygens (including phenoxy) is 2. The largest absolute Gasteiger partial charge is 0.454 e. The first-order valence-electron chi connectivity index (χ1n) is 5.53. The maximum atomic E-state index is 5.32. The van der Waals surface area contributed by atoms with Gasteiger partial charge in [0.25, 0.3) is 0 Å². The first-order chi connectivity index (χ1) is 7.79. The van der Waals surface area contributed by atoms with E-state index in [0.717, 1.165) is 23.5 Å². The standard InChI is InChI=1S/C13H17NO2/c1-10(14-2)4-3-5-11-6-7-12-13(8-11)16-9-15-12/h3,5-8,10,14H,4,9H2,1-2H3. The fourth-order valence-corrected chi connectivity index (χ4v) is 1.54. The minimum atomic E-state index is 0.333. The molecule has 1 heterocycles. The van der Waals surface area contributed by atoms with Crippen LogP contribution < -0.4 is 14.8 Å². The van der Waals surface area contributed by atoms with Gasteiger partial charge in [-0.15, -0.1) is 0 Å². The van der Waals surface area contributed by atoms with Gasteiger partial charge in [-0.25, -0.2) is 0 Å². The second-order valence-electron chi connectivity index (χ2n) is 3.94. The monoisotopic (exact) mass is 219 g/mol. The molecule has 0 saturated heterocycles. The molecule has 3 heteroatoms. The van der Waals surface area contributed by atoms with Gasteiger partial charge in [-0.1, -0.05) is 18.2 Å². The smallest absolute Gasteiger partial charge is 0.231 e. The van der Waals surface area contributed by atoms with Gasteiger partial charge in [-0.3, -0.25) is 0 Å². The van der Waals surface area contributed by atoms with Gasteiger partial charge in [0, 0.05) is 6.04 Å². The average molecular weight is 219 g/mol. The van der Waals surface area contributed by atoms with Crippen LogP contribution in [0.15, 0.2) is 24.3 Å². The molecule has 1 unspecified atom stereocenters. The summed E-state index contributed by atoms with van der Waals surface area (Å²) < 4.78 is 10.6. The zero-order valence-corrected chi connectivity index (χ0v) is 9.69. The molecule has 0 saturated carbocycles. The molecule has 0 bridgehead atoms. The molecule has 0 aromatic heterocycles. The average Bonchev–Trinajstić information content (AvgIpc) is 2.76. The van der Waals surface area contributed by atoms with Crippen molar-refractivity contribution in [3.05, 3.63) is 29.8 Å². The first kappa shape index (κ1) is 11.0. The molecule has 1 aromatic rings. The molecule has 3 nitrogen and oxygen atoms in total. The molecule has 16 heavy (non-hydrogen) atoms. The van der Waals surface area contributed by atoms with Crippen molar-refractivity contribution < 1.29 is 9.47 Å². The molecule has 0 radical (unpaired) electrons. The lowest BCUT2D eigenvalue weighted by molar-refractivity contribution is 0.174. The number of nitrogens with one attached hydrogen (secondary N) is 1. The van der Waals surface area contributed by atoms with E-state index >= 15 is 0 Å². The Morgan fingerprint density at radius 1 is 1.38 bits per heavy atom. The Hall–Kier alpha value is -1.48. The van der Waals surface area contributed by atoms with Crippen LogP contribution in [0.4, 0.5) is 0 Å². The number of hydrogen-bond donors (Lipinski definition) is 1. The van der Waals surface area contributed by atoms with Crippen molar-refractivity contribution in [2.45, 2.75) is 19.4 Å². The van der Waals surface area contributed by atoms with Crippen LogP contribution in [0.5, 0.6) is 11.5 Å². The van der Waals surface area contributed by atoms with Crippen molar-refractivity contribution in [3.63, 3.8) is 0 Å². The normalized spacial score (nSPS) is 15.6. The summed E-state index contributed by atoms with van der Waals surface area (Å²) in [5.74, 6) is 1.67. The Balaban J connectivity index is 2.00. The second kappa shape index (κ2) is 5.03. The molecule has 0 amide bonds. The Morgan fingerprint density at radius 2 is 2.19 bits per heavy atom. The van der Waals surface area contributed by atoms with E-state index in [1.807, 2.05) is 25.2 Å². The van der Waals surface area contributed by atoms with Crippen LogP contribution >= 0.6 is 0 Å². The van der Waals surface area contributed by atoms with Crippen molar-refractivity contribution in [2.24, 2.45) is 0 Å². The van der Waals surface area contributed by atoms with Crippen molar-refractivity contribution in [2.75, 3.05) is 13.8 Å². The third-order valence-corrected chi connectivity index (χ3v) is 2.69. The van der Waals surface area contributed by atoms with E-state index in [-0.39, 0.29) is 0 Å². The van der Waals surface area contributed by atoms with Crippen molar-refractivity contribution in [3.8, 4) is 11.5 Å². The van der Waals surface area contributed by atoms with Crippen molar-refractivity contribution in [1.29, 1.82) is 0 Å². The lowest BCUT2D eigenvalue weighted by atomic mass is 10.1. The molecule has 2 rings (SSSR count). The van der Waals surface area contributed by atoms with Gasteiger partial charge < -0.3 is 14.8 Å². The number of fused-ring (bicyclic) bond motifs is 1. The number of rotatable bonds is 4. The lowest BCUT2D eigenvalue weighted by Gasteiger charge is -2.05. The quantitative estimate of drug-likeness (QED) is 0.843. The van der Waals surface area contributed by atoms with Crippen LogP contribution in [-0.2, 0) is 0 Å². The summed E-state index contributed by atoms with van der Waals surface area (Å²) in [7, 11) is 1.97. The molecule has 1 aliphatic heterocycles. The molecular formula is C13H17NO2. The summed E-state index contributed by atoms with van der Waals surface area (Å²) in [5.41, 5.74) is 1.15. The Morgan fingerprint density at radius 3 is 3.00 bits per heavy atom. The zero-order valence-electron chi connectivity index (χ0n) is 9.69. The van der Waals surface area contributed by atoms with Gasteiger partial charge in [-0.05, 0) is 38.1 Å². The predicted octanol–water partition coefficient (Wildman–Crippen LogP) is 2.43. The maximum absolute atomic E-state index is 5.32. The van der Waals surface area contributed by atoms with Gasteiger partial charge in [-0.2, -0.15) is 0 Å². The van der Waals surface area contributed by atoms with Gasteiger partial charge in [0.1, 0.15) is 0 Å². The van der Waals surface area contributed by atoms with E-state index in [2.05, 4.69) is 24.4 Å². The van der Waals surface area contributed by atoms with Gasteiger partial charge in [0.2, 0.25) is 6.79 Å². The molecule has 1 N–H and O–H groups in total. The van der Waals surface area contributed by atoms with Crippen LogP contribution in [0.1, 0.15) is 18.9 Å². The molecule has 0 aliphatic carbocycles. The van der Waals surface area contributed by atoms with Crippen molar-refractivity contribution >= 4 is 6.08 Å². The minimum Gasteiger partial charge on any atom is -0.454 e. The van der Waals surface area contributed by atoms with Gasteiger partial charge in [0.15, 0.2) is 11.5 Å². The van der Waals surface area contributed by atoms with Crippen LogP contribution in [0.2, 0.25) is 0 Å². The Kier molecular flexibility index (Phi) is 3.47. The summed E-state index contributed by atoms with van der Waals surface area (Å²) >= 11 is 0. The maximum Gasteiger partial charge on any atom is 0.231 e. The van der Waals surface area contributed by atoms with Crippen LogP contribution in [0.25, 0.3) is 6.08 Å². The third-order valence-electron chi connectivity index (χ3n) is 2.69. The lowest BCUT2D eigenvalue weighted by Crippen LogP contribution is -2.19. The van der Waals surface area contributed by atoms with E-state index in [0.29, 0.717) is 12.8 Å². The minimum absolute atomic E-state index is 0.333. The SMILES string of the molecule is CNC(C)CC=Cc1ccc2c(c1)OCO2. The highest BCUT2D eigenvalue weighted by atomic mass is 16.7. The van der Waals surface area contributed by atoms with Gasteiger partial charge >= 0.3 is 0 Å². The molecule has 1 atom stereocenters. The van der Waals surface area contributed by atoms with Crippen LogP contribution in [-0.4, -0.2) is 19.9 Å². The summed E-state index contributed by atoms with van der Waals surface area (Å²) in [5, 5.41) is 3.20. The first-order valence-corrected chi connectivity index (χ1v) is 5.53. The van der Waals surface area contributed by atoms with E-state index < -0.39 is 0 Å². The van der Waals surface area contributed by atoms with Gasteiger partial charge in [0.05, 0.1) is 0 Å². The summed E-state index contributed by atoms with van der Waals surface area (Å²) in [6, 6.07) is 6.49. The summed E-state index contributed by atoms with van der Waals surface area (Å²) in [4.78, 5) is 0.